The number of carbonyl (C=O) groups is 1. The average Bonchev–Trinajstić information content (AvgIpc) is 2.95. The number of carboxylic acids is 1. The van der Waals surface area contributed by atoms with Gasteiger partial charge in [-0.05, 0) is 37.5 Å². The van der Waals surface area contributed by atoms with Gasteiger partial charge in [0.1, 0.15) is 6.07 Å². The Bertz CT molecular complexity index is 581. The first kappa shape index (κ1) is 12.5. The van der Waals surface area contributed by atoms with Crippen molar-refractivity contribution in [3.63, 3.8) is 0 Å². The number of halogens is 1. The largest absolute Gasteiger partial charge is 0.481 e. The van der Waals surface area contributed by atoms with E-state index in [4.69, 9.17) is 0 Å². The number of rotatable bonds is 2. The van der Waals surface area contributed by atoms with Crippen LogP contribution in [0.1, 0.15) is 24.8 Å². The molecule has 3 unspecified atom stereocenters. The summed E-state index contributed by atoms with van der Waals surface area (Å²) in [5.41, 5.74) is 1.49. The lowest BCUT2D eigenvalue weighted by Crippen LogP contribution is -2.33. The Hall–Kier alpha value is -1.54. The molecule has 2 bridgehead atoms. The molecule has 2 aliphatic rings. The average molecular weight is 321 g/mol. The van der Waals surface area contributed by atoms with Gasteiger partial charge in [0.2, 0.25) is 0 Å². The van der Waals surface area contributed by atoms with E-state index in [-0.39, 0.29) is 18.0 Å². The topological polar surface area (TPSA) is 64.3 Å². The number of hydrogen-bond donors (Lipinski definition) is 1. The molecule has 0 spiro atoms. The fourth-order valence-corrected chi connectivity index (χ4v) is 3.79. The van der Waals surface area contributed by atoms with Crippen LogP contribution in [0.15, 0.2) is 22.7 Å². The van der Waals surface area contributed by atoms with Gasteiger partial charge in [0, 0.05) is 16.6 Å². The van der Waals surface area contributed by atoms with Crippen LogP contribution in [0.25, 0.3) is 0 Å². The second kappa shape index (κ2) is 4.53. The van der Waals surface area contributed by atoms with Crippen LogP contribution in [-0.2, 0) is 4.79 Å². The molecule has 98 valence electrons. The number of hydrogen-bond acceptors (Lipinski definition) is 3. The summed E-state index contributed by atoms with van der Waals surface area (Å²) in [4.78, 5) is 13.4. The van der Waals surface area contributed by atoms with E-state index in [0.29, 0.717) is 12.0 Å². The molecule has 1 aromatic rings. The van der Waals surface area contributed by atoms with Crippen LogP contribution in [0, 0.1) is 17.2 Å². The summed E-state index contributed by atoms with van der Waals surface area (Å²) in [5, 5.41) is 18.5. The first-order valence-electron chi connectivity index (χ1n) is 6.32. The van der Waals surface area contributed by atoms with E-state index in [0.717, 1.165) is 23.0 Å². The lowest BCUT2D eigenvalue weighted by Gasteiger charge is -2.26. The van der Waals surface area contributed by atoms with Crippen molar-refractivity contribution in [1.82, 2.24) is 0 Å². The van der Waals surface area contributed by atoms with Crippen molar-refractivity contribution in [1.29, 1.82) is 5.26 Å². The van der Waals surface area contributed by atoms with Gasteiger partial charge in [-0.1, -0.05) is 15.9 Å². The van der Waals surface area contributed by atoms with Crippen LogP contribution < -0.4 is 4.90 Å². The Kier molecular flexibility index (Phi) is 2.98. The molecule has 3 atom stereocenters. The van der Waals surface area contributed by atoms with Crippen molar-refractivity contribution >= 4 is 27.6 Å². The van der Waals surface area contributed by atoms with E-state index in [1.165, 1.54) is 0 Å². The predicted molar refractivity (Wildman–Crippen MR) is 73.9 cm³/mol. The van der Waals surface area contributed by atoms with Crippen molar-refractivity contribution in [2.75, 3.05) is 4.90 Å². The highest BCUT2D eigenvalue weighted by Gasteiger charge is 2.49. The van der Waals surface area contributed by atoms with E-state index in [9.17, 15) is 15.2 Å². The zero-order valence-corrected chi connectivity index (χ0v) is 11.8. The third-order valence-electron chi connectivity index (χ3n) is 4.21. The molecule has 3 rings (SSSR count). The summed E-state index contributed by atoms with van der Waals surface area (Å²) in [6.45, 7) is 0. The van der Waals surface area contributed by atoms with E-state index in [1.807, 2.05) is 12.1 Å². The van der Waals surface area contributed by atoms with Gasteiger partial charge in [-0.2, -0.15) is 5.26 Å². The van der Waals surface area contributed by atoms with Gasteiger partial charge >= 0.3 is 5.97 Å². The number of nitriles is 1. The highest BCUT2D eigenvalue weighted by molar-refractivity contribution is 9.10. The van der Waals surface area contributed by atoms with Crippen molar-refractivity contribution in [2.45, 2.75) is 31.3 Å². The number of nitrogens with zero attached hydrogens (tertiary/aromatic N) is 2. The van der Waals surface area contributed by atoms with Gasteiger partial charge in [-0.25, -0.2) is 0 Å². The normalized spacial score (nSPS) is 28.4. The molecule has 1 N–H and O–H groups in total. The minimum absolute atomic E-state index is 0.0314. The van der Waals surface area contributed by atoms with Crippen LogP contribution in [0.5, 0.6) is 0 Å². The van der Waals surface area contributed by atoms with Crippen molar-refractivity contribution in [3.8, 4) is 6.07 Å². The molecule has 19 heavy (non-hydrogen) atoms. The Labute approximate surface area is 119 Å². The lowest BCUT2D eigenvalue weighted by molar-refractivity contribution is -0.142. The Morgan fingerprint density at radius 2 is 2.26 bits per heavy atom. The molecule has 0 aliphatic carbocycles. The predicted octanol–water partition coefficient (Wildman–Crippen LogP) is 2.76. The molecule has 1 aromatic carbocycles. The molecular weight excluding hydrogens is 308 g/mol. The summed E-state index contributed by atoms with van der Waals surface area (Å²) in [6, 6.07) is 8.04. The Morgan fingerprint density at radius 3 is 2.89 bits per heavy atom. The number of aliphatic carboxylic acids is 1. The maximum Gasteiger partial charge on any atom is 0.308 e. The highest BCUT2D eigenvalue weighted by Crippen LogP contribution is 2.45. The molecule has 4 nitrogen and oxygen atoms in total. The smallest absolute Gasteiger partial charge is 0.308 e. The summed E-state index contributed by atoms with van der Waals surface area (Å²) in [6.07, 6.45) is 2.61. The fraction of sp³-hybridized carbons (Fsp3) is 0.429. The molecule has 0 radical (unpaired) electrons. The third kappa shape index (κ3) is 1.91. The maximum atomic E-state index is 11.3. The lowest BCUT2D eigenvalue weighted by atomic mass is 9.89. The minimum atomic E-state index is -0.717. The van der Waals surface area contributed by atoms with Crippen molar-refractivity contribution < 1.29 is 9.90 Å². The molecule has 5 heteroatoms. The summed E-state index contributed by atoms with van der Waals surface area (Å²) < 4.78 is 0.916. The van der Waals surface area contributed by atoms with Crippen LogP contribution in [0.3, 0.4) is 0 Å². The summed E-state index contributed by atoms with van der Waals surface area (Å²) in [7, 11) is 0. The molecule has 2 heterocycles. The third-order valence-corrected chi connectivity index (χ3v) is 4.71. The second-order valence-electron chi connectivity index (χ2n) is 5.16. The molecule has 0 aromatic heterocycles. The molecular formula is C14H13BrN2O2. The minimum Gasteiger partial charge on any atom is -0.481 e. The van der Waals surface area contributed by atoms with Gasteiger partial charge in [0.05, 0.1) is 17.2 Å². The van der Waals surface area contributed by atoms with E-state index in [2.05, 4.69) is 26.9 Å². The van der Waals surface area contributed by atoms with Gasteiger partial charge in [-0.15, -0.1) is 0 Å². The quantitative estimate of drug-likeness (QED) is 0.910. The van der Waals surface area contributed by atoms with Crippen molar-refractivity contribution in [3.05, 3.63) is 28.2 Å². The molecule has 0 saturated carbocycles. The van der Waals surface area contributed by atoms with E-state index >= 15 is 0 Å². The van der Waals surface area contributed by atoms with Crippen LogP contribution in [-0.4, -0.2) is 23.2 Å². The molecule has 2 saturated heterocycles. The monoisotopic (exact) mass is 320 g/mol. The number of anilines is 1. The van der Waals surface area contributed by atoms with Gasteiger partial charge < -0.3 is 10.0 Å². The first-order chi connectivity index (χ1) is 9.11. The van der Waals surface area contributed by atoms with Gasteiger partial charge in [0.15, 0.2) is 0 Å². The van der Waals surface area contributed by atoms with Gasteiger partial charge in [-0.3, -0.25) is 4.79 Å². The Morgan fingerprint density at radius 1 is 1.47 bits per heavy atom. The zero-order chi connectivity index (χ0) is 13.6. The maximum absolute atomic E-state index is 11.3. The number of fused-ring (bicyclic) bond motifs is 2. The number of carboxylic acid groups (broad SMARTS) is 1. The Balaban J connectivity index is 2.02. The summed E-state index contributed by atoms with van der Waals surface area (Å²) >= 11 is 3.42. The number of benzene rings is 1. The van der Waals surface area contributed by atoms with Crippen LogP contribution in [0.2, 0.25) is 0 Å². The first-order valence-corrected chi connectivity index (χ1v) is 7.12. The molecule has 0 amide bonds. The van der Waals surface area contributed by atoms with Gasteiger partial charge in [0.25, 0.3) is 0 Å². The van der Waals surface area contributed by atoms with Crippen molar-refractivity contribution in [2.24, 2.45) is 5.92 Å². The SMILES string of the molecule is N#Cc1ccc(Br)cc1N1C2CCC1C(C(=O)O)C2. The molecule has 2 aliphatic heterocycles. The van der Waals surface area contributed by atoms with Crippen LogP contribution >= 0.6 is 15.9 Å². The summed E-state index contributed by atoms with van der Waals surface area (Å²) in [5.74, 6) is -1.02. The van der Waals surface area contributed by atoms with Crippen LogP contribution in [0.4, 0.5) is 5.69 Å². The second-order valence-corrected chi connectivity index (χ2v) is 6.08. The zero-order valence-electron chi connectivity index (χ0n) is 10.2. The van der Waals surface area contributed by atoms with E-state index < -0.39 is 5.97 Å². The highest BCUT2D eigenvalue weighted by atomic mass is 79.9. The van der Waals surface area contributed by atoms with E-state index in [1.54, 1.807) is 6.07 Å². The standard InChI is InChI=1S/C14H13BrN2O2/c15-9-2-1-8(7-16)13(5-9)17-10-3-4-12(17)11(6-10)14(18)19/h1-2,5,10-12H,3-4,6H2,(H,18,19). The fourth-order valence-electron chi connectivity index (χ4n) is 3.44. The molecule has 2 fully saturated rings.